The van der Waals surface area contributed by atoms with E-state index in [1.807, 2.05) is 6.07 Å². The molecule has 0 spiro atoms. The molecule has 1 saturated heterocycles. The summed E-state index contributed by atoms with van der Waals surface area (Å²) >= 11 is 0. The van der Waals surface area contributed by atoms with Crippen LogP contribution in [0, 0.1) is 11.3 Å². The number of nitriles is 1. The molecule has 1 amide bonds. The van der Waals surface area contributed by atoms with E-state index in [2.05, 4.69) is 10.1 Å². The summed E-state index contributed by atoms with van der Waals surface area (Å²) in [7, 11) is -1.74. The third-order valence-corrected chi connectivity index (χ3v) is 5.79. The number of sulfonamides is 1. The van der Waals surface area contributed by atoms with Crippen LogP contribution in [0.25, 0.3) is 0 Å². The van der Waals surface area contributed by atoms with E-state index in [0.29, 0.717) is 42.4 Å². The van der Waals surface area contributed by atoms with Gasteiger partial charge in [-0.3, -0.25) is 4.79 Å². The van der Waals surface area contributed by atoms with Crippen molar-refractivity contribution >= 4 is 15.9 Å². The fourth-order valence-electron chi connectivity index (χ4n) is 2.63. The number of rotatable bonds is 6. The van der Waals surface area contributed by atoms with Crippen molar-refractivity contribution in [2.45, 2.75) is 12.3 Å². The molecule has 2 heterocycles. The van der Waals surface area contributed by atoms with Crippen LogP contribution in [0.3, 0.4) is 0 Å². The first-order valence-electron chi connectivity index (χ1n) is 8.31. The maximum Gasteiger partial charge on any atom is 0.253 e. The van der Waals surface area contributed by atoms with Gasteiger partial charge < -0.3 is 9.42 Å². The zero-order valence-electron chi connectivity index (χ0n) is 15.0. The van der Waals surface area contributed by atoms with Crippen LogP contribution in [0.5, 0.6) is 0 Å². The maximum atomic E-state index is 12.4. The van der Waals surface area contributed by atoms with E-state index >= 15 is 0 Å². The number of likely N-dealkylation sites (tertiary alicyclic amines) is 1. The maximum absolute atomic E-state index is 12.4. The zero-order valence-corrected chi connectivity index (χ0v) is 15.8. The van der Waals surface area contributed by atoms with Crippen LogP contribution in [0.2, 0.25) is 0 Å². The summed E-state index contributed by atoms with van der Waals surface area (Å²) in [6.07, 6.45) is 1.50. The average Bonchev–Trinajstić information content (AvgIpc) is 3.06. The Morgan fingerprint density at radius 3 is 2.63 bits per heavy atom. The Hall–Kier alpha value is -2.77. The number of carbonyl (C=O) groups is 1. The van der Waals surface area contributed by atoms with Crippen molar-refractivity contribution in [2.75, 3.05) is 32.9 Å². The van der Waals surface area contributed by atoms with Crippen molar-refractivity contribution in [3.05, 3.63) is 47.1 Å². The molecular formula is C17H19N5O4S. The van der Waals surface area contributed by atoms with Gasteiger partial charge in [-0.15, -0.1) is 0 Å². The monoisotopic (exact) mass is 389 g/mol. The molecule has 0 atom stereocenters. The Morgan fingerprint density at radius 2 is 2.04 bits per heavy atom. The highest BCUT2D eigenvalue weighted by Gasteiger charge is 2.36. The Balaban J connectivity index is 1.53. The van der Waals surface area contributed by atoms with Crippen LogP contribution in [0.4, 0.5) is 0 Å². The van der Waals surface area contributed by atoms with E-state index in [1.165, 1.54) is 11.4 Å². The van der Waals surface area contributed by atoms with Gasteiger partial charge in [-0.25, -0.2) is 12.7 Å². The Labute approximate surface area is 157 Å². The highest BCUT2D eigenvalue weighted by molar-refractivity contribution is 7.88. The van der Waals surface area contributed by atoms with Gasteiger partial charge in [0.25, 0.3) is 5.91 Å². The standard InChI is InChI=1S/C17H19N5O4S/c1-21(27(2,24)25)8-7-15-19-16(26-20-15)14-10-22(11-14)17(23)13-5-3-12(9-18)4-6-13/h3-6,14H,7-8,10-11H2,1-2H3. The van der Waals surface area contributed by atoms with Gasteiger partial charge in [0.2, 0.25) is 15.9 Å². The molecule has 0 unspecified atom stereocenters. The highest BCUT2D eigenvalue weighted by Crippen LogP contribution is 2.27. The lowest BCUT2D eigenvalue weighted by molar-refractivity contribution is 0.0569. The van der Waals surface area contributed by atoms with Crippen LogP contribution in [-0.2, 0) is 16.4 Å². The third kappa shape index (κ3) is 4.32. The Morgan fingerprint density at radius 1 is 1.37 bits per heavy atom. The molecule has 9 nitrogen and oxygen atoms in total. The molecule has 0 radical (unpaired) electrons. The summed E-state index contributed by atoms with van der Waals surface area (Å²) in [5, 5.41) is 12.7. The molecular weight excluding hydrogens is 370 g/mol. The summed E-state index contributed by atoms with van der Waals surface area (Å²) in [5.74, 6) is 0.764. The molecule has 1 aliphatic heterocycles. The number of nitrogens with zero attached hydrogens (tertiary/aromatic N) is 5. The molecule has 0 bridgehead atoms. The molecule has 1 aromatic carbocycles. The van der Waals surface area contributed by atoms with E-state index in [-0.39, 0.29) is 18.4 Å². The lowest BCUT2D eigenvalue weighted by Gasteiger charge is -2.37. The Bertz CT molecular complexity index is 971. The summed E-state index contributed by atoms with van der Waals surface area (Å²) in [4.78, 5) is 18.4. The number of hydrogen-bond acceptors (Lipinski definition) is 7. The largest absolute Gasteiger partial charge is 0.339 e. The minimum absolute atomic E-state index is 0.0266. The molecule has 142 valence electrons. The SMILES string of the molecule is CN(CCc1noc(C2CN(C(=O)c3ccc(C#N)cc3)C2)n1)S(C)(=O)=O. The van der Waals surface area contributed by atoms with Gasteiger partial charge in [0.05, 0.1) is 23.8 Å². The number of hydrogen-bond donors (Lipinski definition) is 0. The van der Waals surface area contributed by atoms with Crippen molar-refractivity contribution in [1.29, 1.82) is 5.26 Å². The van der Waals surface area contributed by atoms with E-state index in [4.69, 9.17) is 9.78 Å². The number of aromatic nitrogens is 2. The zero-order chi connectivity index (χ0) is 19.6. The van der Waals surface area contributed by atoms with Crippen molar-refractivity contribution in [3.8, 4) is 6.07 Å². The lowest BCUT2D eigenvalue weighted by Crippen LogP contribution is -2.48. The summed E-state index contributed by atoms with van der Waals surface area (Å²) < 4.78 is 29.2. The molecule has 3 rings (SSSR count). The van der Waals surface area contributed by atoms with Crippen LogP contribution >= 0.6 is 0 Å². The van der Waals surface area contributed by atoms with Crippen LogP contribution in [0.15, 0.2) is 28.8 Å². The number of likely N-dealkylation sites (N-methyl/N-ethyl adjacent to an activating group) is 1. The molecule has 1 aliphatic rings. The normalized spacial score (nSPS) is 14.8. The summed E-state index contributed by atoms with van der Waals surface area (Å²) in [6, 6.07) is 8.52. The Kier molecular flexibility index (Phi) is 5.25. The predicted octanol–water partition coefficient (Wildman–Crippen LogP) is 0.615. The second-order valence-corrected chi connectivity index (χ2v) is 8.57. The fraction of sp³-hybridized carbons (Fsp3) is 0.412. The summed E-state index contributed by atoms with van der Waals surface area (Å²) in [5.41, 5.74) is 1.04. The molecule has 1 aromatic heterocycles. The molecule has 0 aliphatic carbocycles. The third-order valence-electron chi connectivity index (χ3n) is 4.48. The topological polar surface area (TPSA) is 120 Å². The number of carbonyl (C=O) groups excluding carboxylic acids is 1. The van der Waals surface area contributed by atoms with Gasteiger partial charge in [-0.1, -0.05) is 5.16 Å². The lowest BCUT2D eigenvalue weighted by atomic mass is 9.98. The second kappa shape index (κ2) is 7.46. The van der Waals surface area contributed by atoms with Gasteiger partial charge in [0.1, 0.15) is 0 Å². The highest BCUT2D eigenvalue weighted by atomic mass is 32.2. The number of benzene rings is 1. The van der Waals surface area contributed by atoms with Gasteiger partial charge in [0.15, 0.2) is 5.82 Å². The van der Waals surface area contributed by atoms with Crippen molar-refractivity contribution < 1.29 is 17.7 Å². The van der Waals surface area contributed by atoms with E-state index < -0.39 is 10.0 Å². The molecule has 27 heavy (non-hydrogen) atoms. The molecule has 0 saturated carbocycles. The van der Waals surface area contributed by atoms with Gasteiger partial charge in [-0.2, -0.15) is 10.2 Å². The van der Waals surface area contributed by atoms with Crippen molar-refractivity contribution in [3.63, 3.8) is 0 Å². The molecule has 2 aromatic rings. The fourth-order valence-corrected chi connectivity index (χ4v) is 3.05. The van der Waals surface area contributed by atoms with Gasteiger partial charge in [-0.05, 0) is 24.3 Å². The molecule has 10 heteroatoms. The average molecular weight is 389 g/mol. The molecule has 1 fully saturated rings. The summed E-state index contributed by atoms with van der Waals surface area (Å²) in [6.45, 7) is 1.22. The van der Waals surface area contributed by atoms with E-state index in [9.17, 15) is 13.2 Å². The first-order chi connectivity index (χ1) is 12.8. The van der Waals surface area contributed by atoms with E-state index in [0.717, 1.165) is 6.26 Å². The van der Waals surface area contributed by atoms with Crippen molar-refractivity contribution in [2.24, 2.45) is 0 Å². The predicted molar refractivity (Wildman–Crippen MR) is 95.3 cm³/mol. The first kappa shape index (κ1) is 19.0. The number of amides is 1. The minimum Gasteiger partial charge on any atom is -0.339 e. The van der Waals surface area contributed by atoms with E-state index in [1.54, 1.807) is 29.2 Å². The molecule has 0 N–H and O–H groups in total. The second-order valence-electron chi connectivity index (χ2n) is 6.48. The van der Waals surface area contributed by atoms with Crippen LogP contribution in [0.1, 0.15) is 33.6 Å². The smallest absolute Gasteiger partial charge is 0.253 e. The minimum atomic E-state index is -3.24. The van der Waals surface area contributed by atoms with Gasteiger partial charge in [0, 0.05) is 38.7 Å². The van der Waals surface area contributed by atoms with Crippen LogP contribution in [-0.4, -0.2) is 66.6 Å². The van der Waals surface area contributed by atoms with Crippen molar-refractivity contribution in [1.82, 2.24) is 19.3 Å². The van der Waals surface area contributed by atoms with Crippen LogP contribution < -0.4 is 0 Å². The van der Waals surface area contributed by atoms with Gasteiger partial charge >= 0.3 is 0 Å². The quantitative estimate of drug-likeness (QED) is 0.710. The first-order valence-corrected chi connectivity index (χ1v) is 10.2.